The number of carboxylic acids is 1. The van der Waals surface area contributed by atoms with E-state index in [2.05, 4.69) is 0 Å². The molecule has 0 fully saturated rings. The highest BCUT2D eigenvalue weighted by molar-refractivity contribution is 5.78. The number of hydrogen-bond donors (Lipinski definition) is 1. The molecule has 1 rings (SSSR count). The standard InChI is InChI=1S/C12H12N2O4/c13-7-4-8-14(9-11(15)16)12(17)18-10-5-2-1-3-6-10/h1-3,5-6H,4,8-9H2,(H,15,16). The predicted molar refractivity (Wildman–Crippen MR) is 61.9 cm³/mol. The highest BCUT2D eigenvalue weighted by Crippen LogP contribution is 2.10. The minimum Gasteiger partial charge on any atom is -0.480 e. The molecule has 0 aromatic heterocycles. The Morgan fingerprint density at radius 2 is 2.00 bits per heavy atom. The molecule has 1 amide bonds. The van der Waals surface area contributed by atoms with Gasteiger partial charge in [-0.15, -0.1) is 0 Å². The van der Waals surface area contributed by atoms with Crippen molar-refractivity contribution in [2.45, 2.75) is 6.42 Å². The number of aliphatic carboxylic acids is 1. The van der Waals surface area contributed by atoms with Gasteiger partial charge in [0, 0.05) is 6.54 Å². The Balaban J connectivity index is 2.64. The molecule has 0 spiro atoms. The van der Waals surface area contributed by atoms with E-state index in [-0.39, 0.29) is 13.0 Å². The lowest BCUT2D eigenvalue weighted by Gasteiger charge is -2.18. The Labute approximate surface area is 104 Å². The Hall–Kier alpha value is -2.55. The van der Waals surface area contributed by atoms with Gasteiger partial charge in [-0.2, -0.15) is 5.26 Å². The van der Waals surface area contributed by atoms with Gasteiger partial charge in [0.15, 0.2) is 0 Å². The highest BCUT2D eigenvalue weighted by atomic mass is 16.6. The maximum atomic E-state index is 11.7. The number of para-hydroxylation sites is 1. The fourth-order valence-corrected chi connectivity index (χ4v) is 1.24. The quantitative estimate of drug-likeness (QED) is 0.852. The number of nitrogens with zero attached hydrogens (tertiary/aromatic N) is 2. The molecule has 0 aliphatic carbocycles. The minimum atomic E-state index is -1.15. The zero-order chi connectivity index (χ0) is 13.4. The fraction of sp³-hybridized carbons (Fsp3) is 0.250. The summed E-state index contributed by atoms with van der Waals surface area (Å²) in [4.78, 5) is 23.3. The maximum absolute atomic E-state index is 11.7. The molecule has 0 radical (unpaired) electrons. The van der Waals surface area contributed by atoms with Crippen LogP contribution in [0.3, 0.4) is 0 Å². The normalized spacial score (nSPS) is 9.28. The van der Waals surface area contributed by atoms with Crippen LogP contribution in [0.2, 0.25) is 0 Å². The van der Waals surface area contributed by atoms with E-state index < -0.39 is 18.6 Å². The average Bonchev–Trinajstić information content (AvgIpc) is 2.35. The summed E-state index contributed by atoms with van der Waals surface area (Å²) in [7, 11) is 0. The van der Waals surface area contributed by atoms with E-state index in [1.165, 1.54) is 0 Å². The first kappa shape index (κ1) is 13.5. The van der Waals surface area contributed by atoms with Crippen LogP contribution in [0.5, 0.6) is 5.75 Å². The second kappa shape index (κ2) is 6.91. The molecule has 0 saturated carbocycles. The van der Waals surface area contributed by atoms with Crippen molar-refractivity contribution in [1.82, 2.24) is 4.90 Å². The number of carbonyl (C=O) groups is 2. The van der Waals surface area contributed by atoms with Crippen molar-refractivity contribution in [3.05, 3.63) is 30.3 Å². The molecule has 94 valence electrons. The summed E-state index contributed by atoms with van der Waals surface area (Å²) in [5.74, 6) is -0.826. The zero-order valence-electron chi connectivity index (χ0n) is 9.57. The van der Waals surface area contributed by atoms with Gasteiger partial charge in [0.1, 0.15) is 12.3 Å². The smallest absolute Gasteiger partial charge is 0.415 e. The van der Waals surface area contributed by atoms with Crippen molar-refractivity contribution in [2.24, 2.45) is 0 Å². The minimum absolute atomic E-state index is 0.0223. The van der Waals surface area contributed by atoms with E-state index >= 15 is 0 Å². The van der Waals surface area contributed by atoms with Crippen LogP contribution in [0.25, 0.3) is 0 Å². The molecule has 0 aliphatic rings. The molecule has 1 aromatic rings. The number of carbonyl (C=O) groups excluding carboxylic acids is 1. The Bertz CT molecular complexity index is 453. The highest BCUT2D eigenvalue weighted by Gasteiger charge is 2.18. The molecule has 1 aromatic carbocycles. The van der Waals surface area contributed by atoms with E-state index in [9.17, 15) is 9.59 Å². The molecule has 0 aliphatic heterocycles. The van der Waals surface area contributed by atoms with E-state index in [4.69, 9.17) is 15.1 Å². The summed E-state index contributed by atoms with van der Waals surface area (Å²) in [5.41, 5.74) is 0. The van der Waals surface area contributed by atoms with Crippen molar-refractivity contribution in [3.63, 3.8) is 0 Å². The lowest BCUT2D eigenvalue weighted by Crippen LogP contribution is -2.38. The number of carboxylic acid groups (broad SMARTS) is 1. The lowest BCUT2D eigenvalue weighted by atomic mass is 10.3. The predicted octanol–water partition coefficient (Wildman–Crippen LogP) is 1.49. The molecule has 0 heterocycles. The van der Waals surface area contributed by atoms with Crippen LogP contribution >= 0.6 is 0 Å². The van der Waals surface area contributed by atoms with Gasteiger partial charge in [0.25, 0.3) is 0 Å². The molecule has 1 N–H and O–H groups in total. The number of rotatable bonds is 5. The van der Waals surface area contributed by atoms with Gasteiger partial charge >= 0.3 is 12.1 Å². The molecule has 6 heteroatoms. The SMILES string of the molecule is N#CCCN(CC(=O)O)C(=O)Oc1ccccc1. The van der Waals surface area contributed by atoms with E-state index in [1.54, 1.807) is 30.3 Å². The Kier molecular flexibility index (Phi) is 5.19. The third-order valence-electron chi connectivity index (χ3n) is 2.03. The van der Waals surface area contributed by atoms with E-state index in [0.717, 1.165) is 4.90 Å². The second-order valence-electron chi connectivity index (χ2n) is 3.40. The molecule has 18 heavy (non-hydrogen) atoms. The van der Waals surface area contributed by atoms with Crippen molar-refractivity contribution in [1.29, 1.82) is 5.26 Å². The monoisotopic (exact) mass is 248 g/mol. The first-order valence-electron chi connectivity index (χ1n) is 5.24. The van der Waals surface area contributed by atoms with Crippen molar-refractivity contribution >= 4 is 12.1 Å². The summed E-state index contributed by atoms with van der Waals surface area (Å²) >= 11 is 0. The molecule has 0 saturated heterocycles. The van der Waals surface area contributed by atoms with Crippen LogP contribution in [-0.4, -0.2) is 35.2 Å². The van der Waals surface area contributed by atoms with Gasteiger partial charge in [-0.05, 0) is 12.1 Å². The molecule has 0 atom stereocenters. The van der Waals surface area contributed by atoms with Crippen molar-refractivity contribution < 1.29 is 19.4 Å². The molecule has 0 unspecified atom stereocenters. The number of ether oxygens (including phenoxy) is 1. The van der Waals surface area contributed by atoms with Crippen LogP contribution in [0.15, 0.2) is 30.3 Å². The number of benzene rings is 1. The van der Waals surface area contributed by atoms with E-state index in [0.29, 0.717) is 5.75 Å². The second-order valence-corrected chi connectivity index (χ2v) is 3.40. The summed E-state index contributed by atoms with van der Waals surface area (Å²) in [6, 6.07) is 10.2. The molecular weight excluding hydrogens is 236 g/mol. The first-order chi connectivity index (χ1) is 8.63. The van der Waals surface area contributed by atoms with Gasteiger partial charge in [-0.25, -0.2) is 4.79 Å². The fourth-order valence-electron chi connectivity index (χ4n) is 1.24. The third-order valence-corrected chi connectivity index (χ3v) is 2.03. The topological polar surface area (TPSA) is 90.6 Å². The number of hydrogen-bond acceptors (Lipinski definition) is 4. The first-order valence-corrected chi connectivity index (χ1v) is 5.24. The van der Waals surface area contributed by atoms with Gasteiger partial charge in [0.2, 0.25) is 0 Å². The van der Waals surface area contributed by atoms with Crippen LogP contribution in [-0.2, 0) is 4.79 Å². The third kappa shape index (κ3) is 4.53. The Morgan fingerprint density at radius 1 is 1.33 bits per heavy atom. The summed E-state index contributed by atoms with van der Waals surface area (Å²) in [6.45, 7) is -0.470. The van der Waals surface area contributed by atoms with Gasteiger partial charge in [-0.3, -0.25) is 9.69 Å². The molecule has 6 nitrogen and oxygen atoms in total. The van der Waals surface area contributed by atoms with Crippen LogP contribution < -0.4 is 4.74 Å². The summed E-state index contributed by atoms with van der Waals surface area (Å²) in [6.07, 6.45) is -0.726. The zero-order valence-corrected chi connectivity index (χ0v) is 9.57. The van der Waals surface area contributed by atoms with Crippen molar-refractivity contribution in [3.8, 4) is 11.8 Å². The number of amides is 1. The van der Waals surface area contributed by atoms with Crippen LogP contribution in [0.1, 0.15) is 6.42 Å². The van der Waals surface area contributed by atoms with Gasteiger partial charge in [0.05, 0.1) is 12.5 Å². The van der Waals surface area contributed by atoms with Crippen molar-refractivity contribution in [2.75, 3.05) is 13.1 Å². The lowest BCUT2D eigenvalue weighted by molar-refractivity contribution is -0.137. The largest absolute Gasteiger partial charge is 0.480 e. The van der Waals surface area contributed by atoms with E-state index in [1.807, 2.05) is 6.07 Å². The molecular formula is C12H12N2O4. The Morgan fingerprint density at radius 3 is 2.56 bits per heavy atom. The van der Waals surface area contributed by atoms with Crippen LogP contribution in [0.4, 0.5) is 4.79 Å². The summed E-state index contributed by atoms with van der Waals surface area (Å²) in [5, 5.41) is 17.1. The van der Waals surface area contributed by atoms with Gasteiger partial charge in [-0.1, -0.05) is 18.2 Å². The van der Waals surface area contributed by atoms with Gasteiger partial charge < -0.3 is 9.84 Å². The maximum Gasteiger partial charge on any atom is 0.415 e. The summed E-state index contributed by atoms with van der Waals surface area (Å²) < 4.78 is 4.99. The van der Waals surface area contributed by atoms with Crippen LogP contribution in [0, 0.1) is 11.3 Å². The number of nitriles is 1. The average molecular weight is 248 g/mol. The molecule has 0 bridgehead atoms.